The Balaban J connectivity index is 2.02. The van der Waals surface area contributed by atoms with Gasteiger partial charge in [0.25, 0.3) is 0 Å². The predicted molar refractivity (Wildman–Crippen MR) is 48.4 cm³/mol. The van der Waals surface area contributed by atoms with Crippen LogP contribution in [-0.4, -0.2) is 0 Å². The van der Waals surface area contributed by atoms with Crippen molar-refractivity contribution in [3.63, 3.8) is 0 Å². The van der Waals surface area contributed by atoms with Gasteiger partial charge in [0.05, 0.1) is 0 Å². The molecule has 3 atom stereocenters. The van der Waals surface area contributed by atoms with Gasteiger partial charge in [-0.15, -0.1) is 0 Å². The Kier molecular flexibility index (Phi) is 1.78. The van der Waals surface area contributed by atoms with Crippen LogP contribution in [0, 0.1) is 17.8 Å². The molecule has 0 aromatic carbocycles. The van der Waals surface area contributed by atoms with Gasteiger partial charge in [-0.2, -0.15) is 0 Å². The molecule has 2 fully saturated rings. The molecule has 0 heteroatoms. The van der Waals surface area contributed by atoms with E-state index < -0.39 is 0 Å². The monoisotopic (exact) mass is 150 g/mol. The summed E-state index contributed by atoms with van der Waals surface area (Å²) < 4.78 is 0. The molecule has 0 aromatic heterocycles. The molecule has 2 aliphatic rings. The molecule has 0 saturated heterocycles. The molecule has 0 spiro atoms. The summed E-state index contributed by atoms with van der Waals surface area (Å²) in [5, 5.41) is 0. The van der Waals surface area contributed by atoms with E-state index in [1.54, 1.807) is 0 Å². The summed E-state index contributed by atoms with van der Waals surface area (Å²) in [5.41, 5.74) is 1.53. The van der Waals surface area contributed by atoms with Gasteiger partial charge < -0.3 is 0 Å². The maximum atomic E-state index is 4.17. The molecule has 0 amide bonds. The van der Waals surface area contributed by atoms with E-state index in [0.717, 1.165) is 17.8 Å². The molecule has 2 saturated carbocycles. The average Bonchev–Trinajstić information content (AvgIpc) is 2.62. The van der Waals surface area contributed by atoms with Crippen LogP contribution in [-0.2, 0) is 0 Å². The van der Waals surface area contributed by atoms with E-state index >= 15 is 0 Å². The fourth-order valence-corrected chi connectivity index (χ4v) is 3.01. The maximum Gasteiger partial charge on any atom is -0.0175 e. The molecule has 0 radical (unpaired) electrons. The SMILES string of the molecule is C=C(CC)C1CC2CCC1C2. The summed E-state index contributed by atoms with van der Waals surface area (Å²) in [6, 6.07) is 0. The van der Waals surface area contributed by atoms with Crippen LogP contribution in [0.3, 0.4) is 0 Å². The zero-order chi connectivity index (χ0) is 7.84. The Labute approximate surface area is 69.7 Å². The van der Waals surface area contributed by atoms with Crippen LogP contribution < -0.4 is 0 Å². The van der Waals surface area contributed by atoms with Gasteiger partial charge in [-0.05, 0) is 43.4 Å². The first-order chi connectivity index (χ1) is 5.31. The molecule has 11 heavy (non-hydrogen) atoms. The molecular formula is C11H18. The Morgan fingerprint density at radius 1 is 1.36 bits per heavy atom. The number of allylic oxidation sites excluding steroid dienone is 1. The van der Waals surface area contributed by atoms with E-state index in [0.29, 0.717) is 0 Å². The second-order valence-electron chi connectivity index (χ2n) is 4.29. The van der Waals surface area contributed by atoms with E-state index in [1.807, 2.05) is 0 Å². The van der Waals surface area contributed by atoms with Crippen LogP contribution in [0.25, 0.3) is 0 Å². The topological polar surface area (TPSA) is 0 Å². The molecule has 0 aliphatic heterocycles. The third kappa shape index (κ3) is 1.13. The quantitative estimate of drug-likeness (QED) is 0.529. The number of rotatable bonds is 2. The summed E-state index contributed by atoms with van der Waals surface area (Å²) in [6.07, 6.45) is 7.20. The minimum atomic E-state index is 0.916. The minimum absolute atomic E-state index is 0.916. The van der Waals surface area contributed by atoms with E-state index in [2.05, 4.69) is 13.5 Å². The highest BCUT2D eigenvalue weighted by atomic mass is 14.4. The first-order valence-corrected chi connectivity index (χ1v) is 4.99. The van der Waals surface area contributed by atoms with E-state index in [1.165, 1.54) is 37.7 Å². The zero-order valence-electron chi connectivity index (χ0n) is 7.47. The lowest BCUT2D eigenvalue weighted by molar-refractivity contribution is 0.373. The Bertz CT molecular complexity index is 169. The molecule has 0 heterocycles. The second-order valence-corrected chi connectivity index (χ2v) is 4.29. The summed E-state index contributed by atoms with van der Waals surface area (Å²) in [6.45, 7) is 6.42. The summed E-state index contributed by atoms with van der Waals surface area (Å²) in [4.78, 5) is 0. The summed E-state index contributed by atoms with van der Waals surface area (Å²) in [7, 11) is 0. The van der Waals surface area contributed by atoms with Gasteiger partial charge in [0, 0.05) is 0 Å². The molecule has 2 rings (SSSR count). The van der Waals surface area contributed by atoms with E-state index in [9.17, 15) is 0 Å². The fraction of sp³-hybridized carbons (Fsp3) is 0.818. The van der Waals surface area contributed by atoms with Gasteiger partial charge in [-0.3, -0.25) is 0 Å². The highest BCUT2D eigenvalue weighted by Gasteiger charge is 2.39. The first kappa shape index (κ1) is 7.39. The van der Waals surface area contributed by atoms with Crippen molar-refractivity contribution < 1.29 is 0 Å². The molecular weight excluding hydrogens is 132 g/mol. The van der Waals surface area contributed by atoms with Crippen molar-refractivity contribution in [1.29, 1.82) is 0 Å². The normalized spacial score (nSPS) is 41.4. The summed E-state index contributed by atoms with van der Waals surface area (Å²) in [5.74, 6) is 3.03. The van der Waals surface area contributed by atoms with Gasteiger partial charge in [0.2, 0.25) is 0 Å². The highest BCUT2D eigenvalue weighted by Crippen LogP contribution is 2.51. The van der Waals surface area contributed by atoms with Crippen molar-refractivity contribution in [1.82, 2.24) is 0 Å². The van der Waals surface area contributed by atoms with Crippen molar-refractivity contribution in [3.8, 4) is 0 Å². The van der Waals surface area contributed by atoms with Crippen molar-refractivity contribution in [2.45, 2.75) is 39.0 Å². The lowest BCUT2D eigenvalue weighted by Gasteiger charge is -2.22. The Morgan fingerprint density at radius 3 is 2.64 bits per heavy atom. The Morgan fingerprint density at radius 2 is 2.18 bits per heavy atom. The van der Waals surface area contributed by atoms with Gasteiger partial charge in [0.15, 0.2) is 0 Å². The van der Waals surface area contributed by atoms with Crippen LogP contribution in [0.4, 0.5) is 0 Å². The van der Waals surface area contributed by atoms with Gasteiger partial charge in [0.1, 0.15) is 0 Å². The molecule has 2 aliphatic carbocycles. The highest BCUT2D eigenvalue weighted by molar-refractivity contribution is 5.08. The molecule has 62 valence electrons. The van der Waals surface area contributed by atoms with Crippen LogP contribution in [0.1, 0.15) is 39.0 Å². The van der Waals surface area contributed by atoms with Crippen LogP contribution in [0.15, 0.2) is 12.2 Å². The largest absolute Gasteiger partial charge is 0.0996 e. The molecule has 3 unspecified atom stereocenters. The number of hydrogen-bond donors (Lipinski definition) is 0. The standard InChI is InChI=1S/C11H18/c1-3-8(2)11-7-9-4-5-10(11)6-9/h9-11H,2-7H2,1H3. The van der Waals surface area contributed by atoms with Crippen LogP contribution in [0.2, 0.25) is 0 Å². The second kappa shape index (κ2) is 2.66. The molecule has 0 aromatic rings. The molecule has 0 N–H and O–H groups in total. The third-order valence-electron chi connectivity index (χ3n) is 3.72. The van der Waals surface area contributed by atoms with E-state index in [4.69, 9.17) is 0 Å². The minimum Gasteiger partial charge on any atom is -0.0996 e. The van der Waals surface area contributed by atoms with Gasteiger partial charge in [-0.25, -0.2) is 0 Å². The van der Waals surface area contributed by atoms with Gasteiger partial charge >= 0.3 is 0 Å². The smallest absolute Gasteiger partial charge is 0.0175 e. The van der Waals surface area contributed by atoms with Crippen molar-refractivity contribution in [2.75, 3.05) is 0 Å². The average molecular weight is 150 g/mol. The Hall–Kier alpha value is -0.260. The van der Waals surface area contributed by atoms with Crippen molar-refractivity contribution in [3.05, 3.63) is 12.2 Å². The molecule has 0 nitrogen and oxygen atoms in total. The first-order valence-electron chi connectivity index (χ1n) is 4.99. The molecule has 2 bridgehead atoms. The van der Waals surface area contributed by atoms with Gasteiger partial charge in [-0.1, -0.05) is 25.5 Å². The van der Waals surface area contributed by atoms with E-state index in [-0.39, 0.29) is 0 Å². The zero-order valence-corrected chi connectivity index (χ0v) is 7.47. The summed E-state index contributed by atoms with van der Waals surface area (Å²) >= 11 is 0. The fourth-order valence-electron chi connectivity index (χ4n) is 3.01. The maximum absolute atomic E-state index is 4.17. The van der Waals surface area contributed by atoms with Crippen molar-refractivity contribution >= 4 is 0 Å². The lowest BCUT2D eigenvalue weighted by Crippen LogP contribution is -2.11. The predicted octanol–water partition coefficient (Wildman–Crippen LogP) is 3.39. The third-order valence-corrected chi connectivity index (χ3v) is 3.72. The number of hydrogen-bond acceptors (Lipinski definition) is 0. The van der Waals surface area contributed by atoms with Crippen LogP contribution in [0.5, 0.6) is 0 Å². The lowest BCUT2D eigenvalue weighted by atomic mass is 9.83. The van der Waals surface area contributed by atoms with Crippen molar-refractivity contribution in [2.24, 2.45) is 17.8 Å². The number of fused-ring (bicyclic) bond motifs is 2. The van der Waals surface area contributed by atoms with Crippen LogP contribution >= 0.6 is 0 Å².